The number of likely N-dealkylation sites (tertiary alicyclic amines) is 2. The number of halogens is 2. The minimum absolute atomic E-state index is 0.0628. The molecular weight excluding hydrogens is 395 g/mol. The molecule has 0 bridgehead atoms. The van der Waals surface area contributed by atoms with Gasteiger partial charge in [-0.1, -0.05) is 11.6 Å². The maximum atomic E-state index is 13.7. The molecule has 3 aliphatic rings. The molecule has 3 aliphatic heterocycles. The molecule has 0 aromatic heterocycles. The lowest BCUT2D eigenvalue weighted by Gasteiger charge is -2.52. The van der Waals surface area contributed by atoms with Gasteiger partial charge in [-0.2, -0.15) is 0 Å². The van der Waals surface area contributed by atoms with Crippen LogP contribution in [0.2, 0.25) is 5.02 Å². The highest BCUT2D eigenvalue weighted by Crippen LogP contribution is 2.45. The molecule has 2 amide bonds. The summed E-state index contributed by atoms with van der Waals surface area (Å²) >= 11 is 5.92. The summed E-state index contributed by atoms with van der Waals surface area (Å²) in [6, 6.07) is 3.55. The summed E-state index contributed by atoms with van der Waals surface area (Å²) in [6.07, 6.45) is 6.51. The van der Waals surface area contributed by atoms with Crippen molar-refractivity contribution in [1.82, 2.24) is 9.80 Å². The Morgan fingerprint density at radius 1 is 1.03 bits per heavy atom. The third-order valence-electron chi connectivity index (χ3n) is 6.78. The van der Waals surface area contributed by atoms with E-state index in [4.69, 9.17) is 16.3 Å². The molecular formula is C22H28ClFN2O3. The molecule has 7 heteroatoms. The van der Waals surface area contributed by atoms with E-state index in [9.17, 15) is 14.0 Å². The highest BCUT2D eigenvalue weighted by atomic mass is 35.5. The average Bonchev–Trinajstić information content (AvgIpc) is 2.76. The number of nitrogens with zero attached hydrogens (tertiary/aromatic N) is 2. The first-order valence-corrected chi connectivity index (χ1v) is 11.0. The minimum Gasteiger partial charge on any atom is -0.381 e. The zero-order chi connectivity index (χ0) is 20.4. The molecule has 29 heavy (non-hydrogen) atoms. The number of carbonyl (C=O) groups is 2. The van der Waals surface area contributed by atoms with E-state index in [-0.39, 0.29) is 22.3 Å². The normalized spacial score (nSPS) is 24.6. The zero-order valence-electron chi connectivity index (χ0n) is 16.7. The van der Waals surface area contributed by atoms with Crippen LogP contribution < -0.4 is 0 Å². The van der Waals surface area contributed by atoms with Crippen molar-refractivity contribution in [2.45, 2.75) is 51.0 Å². The van der Waals surface area contributed by atoms with E-state index in [2.05, 4.69) is 0 Å². The Bertz CT molecular complexity index is 770. The molecule has 1 aromatic carbocycles. The van der Waals surface area contributed by atoms with Crippen molar-refractivity contribution in [2.75, 3.05) is 32.8 Å². The van der Waals surface area contributed by atoms with Gasteiger partial charge in [-0.25, -0.2) is 4.39 Å². The summed E-state index contributed by atoms with van der Waals surface area (Å²) in [7, 11) is 0. The lowest BCUT2D eigenvalue weighted by Crippen LogP contribution is -2.63. The fourth-order valence-corrected chi connectivity index (χ4v) is 5.38. The first-order valence-electron chi connectivity index (χ1n) is 10.6. The van der Waals surface area contributed by atoms with Gasteiger partial charge in [-0.05, 0) is 63.1 Å². The van der Waals surface area contributed by atoms with Crippen molar-refractivity contribution < 1.29 is 18.7 Å². The quantitative estimate of drug-likeness (QED) is 0.726. The second-order valence-electron chi connectivity index (χ2n) is 8.49. The van der Waals surface area contributed by atoms with Crippen LogP contribution in [0.4, 0.5) is 4.39 Å². The molecule has 3 saturated heterocycles. The van der Waals surface area contributed by atoms with Crippen LogP contribution in [0.3, 0.4) is 0 Å². The van der Waals surface area contributed by atoms with Gasteiger partial charge >= 0.3 is 0 Å². The van der Waals surface area contributed by atoms with Crippen LogP contribution in [-0.4, -0.2) is 60.5 Å². The SMILES string of the molecule is O=C(C1N(C(=O)c2ccc(F)c(Cl)c2)CCCC12CCOCC2)N1CCCCC1. The number of hydrogen-bond donors (Lipinski definition) is 0. The minimum atomic E-state index is -0.552. The predicted octanol–water partition coefficient (Wildman–Crippen LogP) is 3.89. The van der Waals surface area contributed by atoms with Crippen molar-refractivity contribution in [2.24, 2.45) is 5.41 Å². The fourth-order valence-electron chi connectivity index (χ4n) is 5.20. The molecule has 4 rings (SSSR count). The smallest absolute Gasteiger partial charge is 0.254 e. The van der Waals surface area contributed by atoms with Crippen molar-refractivity contribution in [1.29, 1.82) is 0 Å². The highest BCUT2D eigenvalue weighted by Gasteiger charge is 2.51. The second-order valence-corrected chi connectivity index (χ2v) is 8.90. The molecule has 0 saturated carbocycles. The van der Waals surface area contributed by atoms with Gasteiger partial charge in [-0.3, -0.25) is 9.59 Å². The molecule has 1 aromatic rings. The van der Waals surface area contributed by atoms with E-state index in [1.165, 1.54) is 18.2 Å². The third-order valence-corrected chi connectivity index (χ3v) is 7.07. The van der Waals surface area contributed by atoms with Crippen LogP contribution in [0.25, 0.3) is 0 Å². The Labute approximate surface area is 176 Å². The van der Waals surface area contributed by atoms with Crippen molar-refractivity contribution in [3.63, 3.8) is 0 Å². The highest BCUT2D eigenvalue weighted by molar-refractivity contribution is 6.31. The number of benzene rings is 1. The largest absolute Gasteiger partial charge is 0.381 e. The van der Waals surface area contributed by atoms with Crippen LogP contribution in [0.15, 0.2) is 18.2 Å². The molecule has 3 heterocycles. The molecule has 0 N–H and O–H groups in total. The zero-order valence-corrected chi connectivity index (χ0v) is 17.4. The van der Waals surface area contributed by atoms with Gasteiger partial charge in [0.25, 0.3) is 5.91 Å². The van der Waals surface area contributed by atoms with Gasteiger partial charge in [0.1, 0.15) is 11.9 Å². The van der Waals surface area contributed by atoms with E-state index in [0.29, 0.717) is 25.3 Å². The topological polar surface area (TPSA) is 49.9 Å². The van der Waals surface area contributed by atoms with Gasteiger partial charge < -0.3 is 14.5 Å². The number of ether oxygens (including phenoxy) is 1. The van der Waals surface area contributed by atoms with Crippen LogP contribution in [0.1, 0.15) is 55.3 Å². The van der Waals surface area contributed by atoms with Crippen LogP contribution in [-0.2, 0) is 9.53 Å². The van der Waals surface area contributed by atoms with E-state index in [0.717, 1.165) is 58.0 Å². The molecule has 5 nitrogen and oxygen atoms in total. The summed E-state index contributed by atoms with van der Waals surface area (Å²) in [5, 5.41) is -0.0763. The van der Waals surface area contributed by atoms with Crippen molar-refractivity contribution in [3.8, 4) is 0 Å². The summed E-state index contributed by atoms with van der Waals surface area (Å²) in [4.78, 5) is 30.8. The van der Waals surface area contributed by atoms with Crippen LogP contribution in [0.5, 0.6) is 0 Å². The van der Waals surface area contributed by atoms with Gasteiger partial charge in [0, 0.05) is 43.8 Å². The van der Waals surface area contributed by atoms with Gasteiger partial charge in [0.2, 0.25) is 5.91 Å². The van der Waals surface area contributed by atoms with Crippen molar-refractivity contribution >= 4 is 23.4 Å². The number of amides is 2. The van der Waals surface area contributed by atoms with Crippen molar-refractivity contribution in [3.05, 3.63) is 34.6 Å². The lowest BCUT2D eigenvalue weighted by molar-refractivity contribution is -0.149. The predicted molar refractivity (Wildman–Crippen MR) is 108 cm³/mol. The maximum absolute atomic E-state index is 13.7. The van der Waals surface area contributed by atoms with Gasteiger partial charge in [0.15, 0.2) is 0 Å². The molecule has 3 fully saturated rings. The summed E-state index contributed by atoms with van der Waals surface area (Å²) in [5.74, 6) is -0.732. The lowest BCUT2D eigenvalue weighted by atomic mass is 9.67. The molecule has 0 radical (unpaired) electrons. The Balaban J connectivity index is 1.68. The van der Waals surface area contributed by atoms with E-state index in [1.807, 2.05) is 4.90 Å². The number of piperidine rings is 2. The average molecular weight is 423 g/mol. The van der Waals surface area contributed by atoms with Crippen LogP contribution >= 0.6 is 11.6 Å². The van der Waals surface area contributed by atoms with Gasteiger partial charge in [0.05, 0.1) is 5.02 Å². The molecule has 1 atom stereocenters. The Morgan fingerprint density at radius 3 is 2.45 bits per heavy atom. The Morgan fingerprint density at radius 2 is 1.76 bits per heavy atom. The van der Waals surface area contributed by atoms with E-state index < -0.39 is 11.9 Å². The molecule has 0 aliphatic carbocycles. The summed E-state index contributed by atoms with van der Waals surface area (Å²) in [5.41, 5.74) is 0.0850. The first kappa shape index (κ1) is 20.6. The second kappa shape index (κ2) is 8.60. The number of carbonyl (C=O) groups excluding carboxylic acids is 2. The van der Waals surface area contributed by atoms with Crippen LogP contribution in [0, 0.1) is 11.2 Å². The molecule has 158 valence electrons. The van der Waals surface area contributed by atoms with E-state index in [1.54, 1.807) is 4.90 Å². The summed E-state index contributed by atoms with van der Waals surface area (Å²) in [6.45, 7) is 3.28. The first-order chi connectivity index (χ1) is 14.0. The third kappa shape index (κ3) is 4.02. The van der Waals surface area contributed by atoms with E-state index >= 15 is 0 Å². The standard InChI is InChI=1S/C22H28ClFN2O3/c23-17-15-16(5-6-18(17)24)20(27)26-12-4-7-22(8-13-29-14-9-22)19(26)21(28)25-10-2-1-3-11-25/h5-6,15,19H,1-4,7-14H2. The number of hydrogen-bond acceptors (Lipinski definition) is 3. The summed E-state index contributed by atoms with van der Waals surface area (Å²) < 4.78 is 19.2. The molecule has 1 unspecified atom stereocenters. The Hall–Kier alpha value is -1.66. The van der Waals surface area contributed by atoms with Gasteiger partial charge in [-0.15, -0.1) is 0 Å². The number of rotatable bonds is 2. The monoisotopic (exact) mass is 422 g/mol. The maximum Gasteiger partial charge on any atom is 0.254 e. The fraction of sp³-hybridized carbons (Fsp3) is 0.636. The Kier molecular flexibility index (Phi) is 6.11. The molecule has 1 spiro atoms.